The van der Waals surface area contributed by atoms with Gasteiger partial charge in [0.2, 0.25) is 5.91 Å². The predicted octanol–water partition coefficient (Wildman–Crippen LogP) is 0.276. The Balaban J connectivity index is 1.86. The molecule has 4 nitrogen and oxygen atoms in total. The number of nitrogens with two attached hydrogens (primary N) is 1. The van der Waals surface area contributed by atoms with Crippen LogP contribution in [0.4, 0.5) is 0 Å². The van der Waals surface area contributed by atoms with E-state index in [1.165, 1.54) is 19.3 Å². The molecular weight excluding hydrogens is 202 g/mol. The maximum absolute atomic E-state index is 12.0. The number of amides is 1. The first kappa shape index (κ1) is 11.9. The van der Waals surface area contributed by atoms with Gasteiger partial charge in [-0.1, -0.05) is 6.92 Å². The van der Waals surface area contributed by atoms with Crippen LogP contribution in [0.3, 0.4) is 0 Å². The summed E-state index contributed by atoms with van der Waals surface area (Å²) in [6.45, 7) is 4.47. The van der Waals surface area contributed by atoms with Gasteiger partial charge in [0.1, 0.15) is 0 Å². The fraction of sp³-hybridized carbons (Fsp3) is 0.917. The van der Waals surface area contributed by atoms with E-state index >= 15 is 0 Å². The molecule has 2 fully saturated rings. The Bertz CT molecular complexity index is 265. The van der Waals surface area contributed by atoms with E-state index in [2.05, 4.69) is 11.8 Å². The van der Waals surface area contributed by atoms with E-state index in [1.807, 2.05) is 11.9 Å². The summed E-state index contributed by atoms with van der Waals surface area (Å²) in [5.74, 6) is 0.888. The van der Waals surface area contributed by atoms with Crippen molar-refractivity contribution in [3.05, 3.63) is 0 Å². The van der Waals surface area contributed by atoms with Crippen molar-refractivity contribution in [2.75, 3.05) is 26.7 Å². The van der Waals surface area contributed by atoms with Gasteiger partial charge in [0.25, 0.3) is 0 Å². The molecule has 4 heteroatoms. The molecule has 2 N–H and O–H groups in total. The van der Waals surface area contributed by atoms with E-state index in [0.29, 0.717) is 31.1 Å². The van der Waals surface area contributed by atoms with Crippen molar-refractivity contribution in [3.63, 3.8) is 0 Å². The molecule has 92 valence electrons. The quantitative estimate of drug-likeness (QED) is 0.747. The van der Waals surface area contributed by atoms with Crippen LogP contribution in [0.5, 0.6) is 0 Å². The Morgan fingerprint density at radius 2 is 2.12 bits per heavy atom. The first-order valence-electron chi connectivity index (χ1n) is 6.33. The van der Waals surface area contributed by atoms with Crippen molar-refractivity contribution in [2.45, 2.75) is 38.3 Å². The molecule has 1 amide bonds. The SMILES string of the molecule is CC1CCN(CC(=O)N(C)C2CC2)C1CN. The third kappa shape index (κ3) is 2.38. The Hall–Kier alpha value is -0.610. The highest BCUT2D eigenvalue weighted by atomic mass is 16.2. The zero-order chi connectivity index (χ0) is 11.7. The first-order valence-corrected chi connectivity index (χ1v) is 6.33. The van der Waals surface area contributed by atoms with Crippen molar-refractivity contribution < 1.29 is 4.79 Å². The van der Waals surface area contributed by atoms with Crippen molar-refractivity contribution in [3.8, 4) is 0 Å². The highest BCUT2D eigenvalue weighted by Crippen LogP contribution is 2.27. The second-order valence-corrected chi connectivity index (χ2v) is 5.28. The fourth-order valence-corrected chi connectivity index (χ4v) is 2.62. The summed E-state index contributed by atoms with van der Waals surface area (Å²) < 4.78 is 0. The lowest BCUT2D eigenvalue weighted by Crippen LogP contribution is -2.45. The molecule has 2 aliphatic rings. The number of rotatable bonds is 4. The summed E-state index contributed by atoms with van der Waals surface area (Å²) in [5.41, 5.74) is 5.77. The molecule has 0 bridgehead atoms. The lowest BCUT2D eigenvalue weighted by Gasteiger charge is -2.27. The van der Waals surface area contributed by atoms with Gasteiger partial charge >= 0.3 is 0 Å². The third-order valence-corrected chi connectivity index (χ3v) is 4.07. The number of nitrogens with zero attached hydrogens (tertiary/aromatic N) is 2. The number of likely N-dealkylation sites (tertiary alicyclic amines) is 1. The lowest BCUT2D eigenvalue weighted by molar-refractivity contribution is -0.131. The zero-order valence-electron chi connectivity index (χ0n) is 10.4. The van der Waals surface area contributed by atoms with E-state index < -0.39 is 0 Å². The molecule has 2 unspecified atom stereocenters. The molecular formula is C12H23N3O. The van der Waals surface area contributed by atoms with Gasteiger partial charge in [0.15, 0.2) is 0 Å². The minimum atomic E-state index is 0.259. The van der Waals surface area contributed by atoms with Gasteiger partial charge in [-0.3, -0.25) is 9.69 Å². The van der Waals surface area contributed by atoms with Crippen LogP contribution in [0, 0.1) is 5.92 Å². The van der Waals surface area contributed by atoms with E-state index in [0.717, 1.165) is 6.54 Å². The monoisotopic (exact) mass is 225 g/mol. The predicted molar refractivity (Wildman–Crippen MR) is 64.0 cm³/mol. The summed E-state index contributed by atoms with van der Waals surface area (Å²) >= 11 is 0. The van der Waals surface area contributed by atoms with Gasteiger partial charge in [0.05, 0.1) is 6.54 Å². The number of hydrogen-bond donors (Lipinski definition) is 1. The fourth-order valence-electron chi connectivity index (χ4n) is 2.62. The second-order valence-electron chi connectivity index (χ2n) is 5.28. The molecule has 0 aromatic rings. The zero-order valence-corrected chi connectivity index (χ0v) is 10.4. The number of likely N-dealkylation sites (N-methyl/N-ethyl adjacent to an activating group) is 1. The lowest BCUT2D eigenvalue weighted by atomic mass is 10.0. The Labute approximate surface area is 97.8 Å². The molecule has 16 heavy (non-hydrogen) atoms. The second kappa shape index (κ2) is 4.72. The summed E-state index contributed by atoms with van der Waals surface area (Å²) in [6.07, 6.45) is 3.53. The number of hydrogen-bond acceptors (Lipinski definition) is 3. The van der Waals surface area contributed by atoms with Crippen molar-refractivity contribution >= 4 is 5.91 Å². The van der Waals surface area contributed by atoms with E-state index in [9.17, 15) is 4.79 Å². The molecule has 2 atom stereocenters. The Morgan fingerprint density at radius 3 is 2.69 bits per heavy atom. The standard InChI is InChI=1S/C12H23N3O/c1-9-5-6-15(11(9)7-13)8-12(16)14(2)10-3-4-10/h9-11H,3-8,13H2,1-2H3. The molecule has 1 aliphatic heterocycles. The van der Waals surface area contributed by atoms with Crippen LogP contribution in [-0.2, 0) is 4.79 Å². The molecule has 1 aliphatic carbocycles. The molecule has 1 heterocycles. The van der Waals surface area contributed by atoms with Crippen molar-refractivity contribution in [1.82, 2.24) is 9.80 Å². The Morgan fingerprint density at radius 1 is 1.44 bits per heavy atom. The van der Waals surface area contributed by atoms with Gasteiger partial charge in [-0.25, -0.2) is 0 Å². The molecule has 2 rings (SSSR count). The van der Waals surface area contributed by atoms with Crippen LogP contribution >= 0.6 is 0 Å². The van der Waals surface area contributed by atoms with Crippen LogP contribution in [0.15, 0.2) is 0 Å². The topological polar surface area (TPSA) is 49.6 Å². The van der Waals surface area contributed by atoms with E-state index in [-0.39, 0.29) is 5.91 Å². The molecule has 1 saturated heterocycles. The first-order chi connectivity index (χ1) is 7.63. The van der Waals surface area contributed by atoms with Crippen LogP contribution < -0.4 is 5.73 Å². The summed E-state index contributed by atoms with van der Waals surface area (Å²) in [7, 11) is 1.93. The van der Waals surface area contributed by atoms with Gasteiger partial charge < -0.3 is 10.6 Å². The maximum atomic E-state index is 12.0. The normalized spacial score (nSPS) is 30.7. The van der Waals surface area contributed by atoms with E-state index in [4.69, 9.17) is 5.73 Å². The average Bonchev–Trinajstić information content (AvgIpc) is 3.04. The van der Waals surface area contributed by atoms with Gasteiger partial charge in [0, 0.05) is 25.7 Å². The Kier molecular flexibility index (Phi) is 3.50. The summed E-state index contributed by atoms with van der Waals surface area (Å²) in [5, 5.41) is 0. The minimum Gasteiger partial charge on any atom is -0.342 e. The van der Waals surface area contributed by atoms with Crippen LogP contribution in [0.25, 0.3) is 0 Å². The maximum Gasteiger partial charge on any atom is 0.236 e. The van der Waals surface area contributed by atoms with E-state index in [1.54, 1.807) is 0 Å². The van der Waals surface area contributed by atoms with Gasteiger partial charge in [-0.2, -0.15) is 0 Å². The largest absolute Gasteiger partial charge is 0.342 e. The minimum absolute atomic E-state index is 0.259. The van der Waals surface area contributed by atoms with Gasteiger partial charge in [-0.05, 0) is 31.7 Å². The third-order valence-electron chi connectivity index (χ3n) is 4.07. The number of carbonyl (C=O) groups is 1. The molecule has 0 aromatic heterocycles. The summed E-state index contributed by atoms with van der Waals surface area (Å²) in [6, 6.07) is 0.917. The molecule has 1 saturated carbocycles. The van der Waals surface area contributed by atoms with Crippen LogP contribution in [0.1, 0.15) is 26.2 Å². The number of carbonyl (C=O) groups excluding carboxylic acids is 1. The smallest absolute Gasteiger partial charge is 0.236 e. The molecule has 0 spiro atoms. The molecule has 0 aromatic carbocycles. The highest BCUT2D eigenvalue weighted by molar-refractivity contribution is 5.78. The summed E-state index contributed by atoms with van der Waals surface area (Å²) in [4.78, 5) is 16.2. The molecule has 0 radical (unpaired) electrons. The van der Waals surface area contributed by atoms with Crippen LogP contribution in [-0.4, -0.2) is 54.5 Å². The van der Waals surface area contributed by atoms with Crippen molar-refractivity contribution in [2.24, 2.45) is 11.7 Å². The van der Waals surface area contributed by atoms with Crippen molar-refractivity contribution in [1.29, 1.82) is 0 Å². The highest BCUT2D eigenvalue weighted by Gasteiger charge is 2.34. The van der Waals surface area contributed by atoms with Gasteiger partial charge in [-0.15, -0.1) is 0 Å². The average molecular weight is 225 g/mol. The van der Waals surface area contributed by atoms with Crippen LogP contribution in [0.2, 0.25) is 0 Å².